The Bertz CT molecular complexity index is 1540. The Morgan fingerprint density at radius 2 is 1.97 bits per heavy atom. The summed E-state index contributed by atoms with van der Waals surface area (Å²) in [5.41, 5.74) is 2.63. The monoisotopic (exact) mass is 499 g/mol. The first-order chi connectivity index (χ1) is 17.8. The molecule has 5 rings (SSSR count). The number of anilines is 2. The lowest BCUT2D eigenvalue weighted by Gasteiger charge is -2.27. The second kappa shape index (κ2) is 9.62. The molecule has 0 bridgehead atoms. The first-order valence-electron chi connectivity index (χ1n) is 12.0. The van der Waals surface area contributed by atoms with Gasteiger partial charge in [-0.25, -0.2) is 19.3 Å². The first-order valence-corrected chi connectivity index (χ1v) is 12.0. The van der Waals surface area contributed by atoms with Gasteiger partial charge in [0.05, 0.1) is 18.0 Å². The molecule has 10 heteroatoms. The number of fused-ring (bicyclic) bond motifs is 1. The summed E-state index contributed by atoms with van der Waals surface area (Å²) in [6, 6.07) is 13.4. The quantitative estimate of drug-likeness (QED) is 0.278. The maximum Gasteiger partial charge on any atom is 0.278 e. The van der Waals surface area contributed by atoms with E-state index < -0.39 is 5.60 Å². The van der Waals surface area contributed by atoms with Crippen LogP contribution in [0.2, 0.25) is 0 Å². The fraction of sp³-hybridized carbons (Fsp3) is 0.296. The normalized spacial score (nSPS) is 15.4. The summed E-state index contributed by atoms with van der Waals surface area (Å²) in [6.45, 7) is 7.36. The average Bonchev–Trinajstić information content (AvgIpc) is 3.12. The molecule has 0 unspecified atom stereocenters. The van der Waals surface area contributed by atoms with Crippen molar-refractivity contribution in [1.82, 2.24) is 24.3 Å². The van der Waals surface area contributed by atoms with Gasteiger partial charge < -0.3 is 15.3 Å². The zero-order valence-corrected chi connectivity index (χ0v) is 21.0. The van der Waals surface area contributed by atoms with Crippen molar-refractivity contribution in [2.24, 2.45) is 5.16 Å². The molecule has 4 aromatic rings. The number of allylic oxidation sites excluding steroid dienone is 1. The van der Waals surface area contributed by atoms with E-state index in [1.54, 1.807) is 49.9 Å². The van der Waals surface area contributed by atoms with Crippen molar-refractivity contribution in [3.8, 4) is 5.82 Å². The standard InChI is InChI=1S/C27H29N7O3/c1-5-13-33-25(35)21-16-28-26(29-19-11-9-17(10-12-19)18-14-20(15-18)32-37-4)31-24(21)34(33)23-8-6-7-22(30-23)27(2,3)36/h5-12,16,18,36H,1,13-15H2,2-4H3,(H,28,29,31). The average molecular weight is 500 g/mol. The van der Waals surface area contributed by atoms with Gasteiger partial charge in [0.15, 0.2) is 11.5 Å². The molecule has 3 aromatic heterocycles. The second-order valence-electron chi connectivity index (χ2n) is 9.55. The van der Waals surface area contributed by atoms with Crippen molar-refractivity contribution in [2.75, 3.05) is 12.4 Å². The molecule has 1 aromatic carbocycles. The molecular formula is C27H29N7O3. The van der Waals surface area contributed by atoms with Crippen LogP contribution in [0.25, 0.3) is 16.9 Å². The van der Waals surface area contributed by atoms with Crippen LogP contribution in [0.3, 0.4) is 0 Å². The minimum atomic E-state index is -1.14. The summed E-state index contributed by atoms with van der Waals surface area (Å²) in [5.74, 6) is 1.25. The molecule has 3 heterocycles. The maximum absolute atomic E-state index is 13.2. The molecule has 190 valence electrons. The summed E-state index contributed by atoms with van der Waals surface area (Å²) in [6.07, 6.45) is 4.96. The Labute approximate surface area is 213 Å². The zero-order chi connectivity index (χ0) is 26.2. The van der Waals surface area contributed by atoms with E-state index in [0.29, 0.717) is 34.4 Å². The number of nitrogens with zero attached hydrogens (tertiary/aromatic N) is 6. The molecule has 2 N–H and O–H groups in total. The molecule has 0 aliphatic heterocycles. The maximum atomic E-state index is 13.2. The highest BCUT2D eigenvalue weighted by Crippen LogP contribution is 2.35. The van der Waals surface area contributed by atoms with Gasteiger partial charge in [-0.1, -0.05) is 29.4 Å². The van der Waals surface area contributed by atoms with E-state index in [0.717, 1.165) is 24.2 Å². The molecule has 0 amide bonds. The minimum absolute atomic E-state index is 0.252. The number of pyridine rings is 1. The Morgan fingerprint density at radius 1 is 1.22 bits per heavy atom. The van der Waals surface area contributed by atoms with Gasteiger partial charge in [-0.05, 0) is 62.4 Å². The van der Waals surface area contributed by atoms with E-state index in [1.165, 1.54) is 16.4 Å². The van der Waals surface area contributed by atoms with Crippen molar-refractivity contribution < 1.29 is 9.94 Å². The highest BCUT2D eigenvalue weighted by molar-refractivity contribution is 5.91. The zero-order valence-electron chi connectivity index (χ0n) is 21.0. The van der Waals surface area contributed by atoms with Crippen LogP contribution in [0, 0.1) is 0 Å². The van der Waals surface area contributed by atoms with Crippen molar-refractivity contribution in [3.63, 3.8) is 0 Å². The van der Waals surface area contributed by atoms with Gasteiger partial charge in [-0.15, -0.1) is 6.58 Å². The minimum Gasteiger partial charge on any atom is -0.399 e. The van der Waals surface area contributed by atoms with Crippen LogP contribution in [0.5, 0.6) is 0 Å². The molecule has 0 radical (unpaired) electrons. The van der Waals surface area contributed by atoms with Crippen molar-refractivity contribution >= 4 is 28.4 Å². The fourth-order valence-electron chi connectivity index (χ4n) is 4.41. The van der Waals surface area contributed by atoms with Gasteiger partial charge in [0.1, 0.15) is 18.1 Å². The number of rotatable bonds is 8. The summed E-state index contributed by atoms with van der Waals surface area (Å²) in [5, 5.41) is 18.1. The number of aromatic nitrogens is 5. The second-order valence-corrected chi connectivity index (χ2v) is 9.55. The smallest absolute Gasteiger partial charge is 0.278 e. The molecule has 0 spiro atoms. The molecule has 1 aliphatic rings. The summed E-state index contributed by atoms with van der Waals surface area (Å²) in [4.78, 5) is 31.7. The van der Waals surface area contributed by atoms with E-state index in [-0.39, 0.29) is 12.1 Å². The third-order valence-corrected chi connectivity index (χ3v) is 6.38. The lowest BCUT2D eigenvalue weighted by molar-refractivity contribution is 0.0738. The number of benzene rings is 1. The van der Waals surface area contributed by atoms with Crippen LogP contribution < -0.4 is 10.9 Å². The highest BCUT2D eigenvalue weighted by atomic mass is 16.6. The van der Waals surface area contributed by atoms with Crippen molar-refractivity contribution in [1.29, 1.82) is 0 Å². The molecule has 1 saturated carbocycles. The van der Waals surface area contributed by atoms with Gasteiger partial charge in [0, 0.05) is 11.9 Å². The topological polar surface area (TPSA) is 119 Å². The number of hydrogen-bond acceptors (Lipinski definition) is 8. The van der Waals surface area contributed by atoms with Crippen LogP contribution in [-0.4, -0.2) is 42.2 Å². The van der Waals surface area contributed by atoms with Crippen LogP contribution in [-0.2, 0) is 17.0 Å². The van der Waals surface area contributed by atoms with E-state index in [2.05, 4.69) is 44.1 Å². The molecule has 10 nitrogen and oxygen atoms in total. The van der Waals surface area contributed by atoms with Crippen LogP contribution in [0.1, 0.15) is 43.9 Å². The summed E-state index contributed by atoms with van der Waals surface area (Å²) < 4.78 is 3.14. The Kier molecular flexibility index (Phi) is 6.34. The Hall–Kier alpha value is -4.31. The largest absolute Gasteiger partial charge is 0.399 e. The SMILES string of the molecule is C=CCn1c(=O)c2cnc(Nc3ccc(C4CC(=NOC)C4)cc3)nc2n1-c1cccc(C(C)(C)O)n1. The van der Waals surface area contributed by atoms with Crippen LogP contribution >= 0.6 is 0 Å². The predicted octanol–water partition coefficient (Wildman–Crippen LogP) is 4.01. The molecule has 0 saturated heterocycles. The van der Waals surface area contributed by atoms with E-state index in [1.807, 2.05) is 12.1 Å². The van der Waals surface area contributed by atoms with Gasteiger partial charge in [0.2, 0.25) is 5.95 Å². The van der Waals surface area contributed by atoms with E-state index >= 15 is 0 Å². The molecule has 37 heavy (non-hydrogen) atoms. The molecule has 1 fully saturated rings. The first kappa shape index (κ1) is 24.4. The number of nitrogens with one attached hydrogen (secondary N) is 1. The molecule has 1 aliphatic carbocycles. The lowest BCUT2D eigenvalue weighted by atomic mass is 9.78. The molecule has 0 atom stereocenters. The van der Waals surface area contributed by atoms with Gasteiger partial charge >= 0.3 is 0 Å². The number of oxime groups is 1. The highest BCUT2D eigenvalue weighted by Gasteiger charge is 2.27. The van der Waals surface area contributed by atoms with Gasteiger partial charge in [-0.3, -0.25) is 4.79 Å². The third kappa shape index (κ3) is 4.75. The molecular weight excluding hydrogens is 470 g/mol. The lowest BCUT2D eigenvalue weighted by Crippen LogP contribution is -2.23. The van der Waals surface area contributed by atoms with Crippen molar-refractivity contribution in [2.45, 2.75) is 44.8 Å². The summed E-state index contributed by atoms with van der Waals surface area (Å²) >= 11 is 0. The number of hydrogen-bond donors (Lipinski definition) is 2. The van der Waals surface area contributed by atoms with E-state index in [9.17, 15) is 9.90 Å². The number of aliphatic hydroxyl groups is 1. The van der Waals surface area contributed by atoms with Gasteiger partial charge in [0.25, 0.3) is 5.56 Å². The van der Waals surface area contributed by atoms with Crippen LogP contribution in [0.4, 0.5) is 11.6 Å². The summed E-state index contributed by atoms with van der Waals surface area (Å²) in [7, 11) is 1.57. The van der Waals surface area contributed by atoms with Gasteiger partial charge in [-0.2, -0.15) is 4.98 Å². The van der Waals surface area contributed by atoms with Crippen molar-refractivity contribution in [3.05, 3.63) is 82.9 Å². The Balaban J connectivity index is 1.48. The third-order valence-electron chi connectivity index (χ3n) is 6.38. The fourth-order valence-corrected chi connectivity index (χ4v) is 4.41. The predicted molar refractivity (Wildman–Crippen MR) is 143 cm³/mol. The van der Waals surface area contributed by atoms with Crippen LogP contribution in [0.15, 0.2) is 71.3 Å². The Morgan fingerprint density at radius 3 is 2.65 bits per heavy atom. The van der Waals surface area contributed by atoms with E-state index in [4.69, 9.17) is 4.84 Å².